The van der Waals surface area contributed by atoms with Gasteiger partial charge in [0, 0.05) is 12.0 Å². The number of esters is 1. The number of rotatable bonds is 5. The Balaban J connectivity index is 2.43. The summed E-state index contributed by atoms with van der Waals surface area (Å²) in [6.45, 7) is 3.87. The average molecular weight is 210 g/mol. The molecule has 0 radical (unpaired) electrons. The number of ether oxygens (including phenoxy) is 1. The van der Waals surface area contributed by atoms with E-state index in [-0.39, 0.29) is 18.6 Å². The lowest BCUT2D eigenvalue weighted by molar-refractivity contribution is -0.145. The summed E-state index contributed by atoms with van der Waals surface area (Å²) in [5, 5.41) is 0. The molecule has 0 saturated heterocycles. The van der Waals surface area contributed by atoms with Crippen LogP contribution in [-0.4, -0.2) is 18.4 Å². The van der Waals surface area contributed by atoms with Crippen LogP contribution >= 0.6 is 0 Å². The molecule has 15 heavy (non-hydrogen) atoms. The average Bonchev–Trinajstić information content (AvgIpc) is 2.52. The van der Waals surface area contributed by atoms with Crippen molar-refractivity contribution in [1.29, 1.82) is 0 Å². The number of aryl methyl sites for hydroxylation is 1. The maximum absolute atomic E-state index is 11.4. The van der Waals surface area contributed by atoms with Crippen molar-refractivity contribution in [2.24, 2.45) is 0 Å². The van der Waals surface area contributed by atoms with E-state index in [2.05, 4.69) is 4.74 Å². The van der Waals surface area contributed by atoms with Crippen molar-refractivity contribution in [2.45, 2.75) is 26.7 Å². The fourth-order valence-corrected chi connectivity index (χ4v) is 1.22. The Bertz CT molecular complexity index is 351. The third-order valence-corrected chi connectivity index (χ3v) is 2.00. The fraction of sp³-hybridized carbons (Fsp3) is 0.455. The van der Waals surface area contributed by atoms with E-state index in [4.69, 9.17) is 4.42 Å². The first-order valence-electron chi connectivity index (χ1n) is 4.82. The molecule has 1 aromatic rings. The molecule has 82 valence electrons. The molecule has 0 aliphatic carbocycles. The molecule has 0 aromatic carbocycles. The molecule has 0 aliphatic heterocycles. The third kappa shape index (κ3) is 3.58. The van der Waals surface area contributed by atoms with Crippen LogP contribution in [0.1, 0.15) is 24.5 Å². The third-order valence-electron chi connectivity index (χ3n) is 2.00. The van der Waals surface area contributed by atoms with E-state index < -0.39 is 5.97 Å². The summed E-state index contributed by atoms with van der Waals surface area (Å²) in [6, 6.07) is 0. The summed E-state index contributed by atoms with van der Waals surface area (Å²) >= 11 is 0. The molecule has 0 aliphatic rings. The van der Waals surface area contributed by atoms with Gasteiger partial charge in [0.15, 0.2) is 0 Å². The monoisotopic (exact) mass is 210 g/mol. The number of Topliss-reactive ketones (excluding diaryl/α,β-unsaturated/α-hetero) is 1. The first-order chi connectivity index (χ1) is 7.13. The van der Waals surface area contributed by atoms with Crippen LogP contribution in [0.2, 0.25) is 0 Å². The summed E-state index contributed by atoms with van der Waals surface area (Å²) in [5.41, 5.74) is 1.75. The Labute approximate surface area is 88.2 Å². The van der Waals surface area contributed by atoms with Gasteiger partial charge in [-0.15, -0.1) is 0 Å². The number of hydrogen-bond donors (Lipinski definition) is 0. The zero-order valence-corrected chi connectivity index (χ0v) is 8.91. The Kier molecular flexibility index (Phi) is 4.09. The minimum Gasteiger partial charge on any atom is -0.472 e. The van der Waals surface area contributed by atoms with Crippen LogP contribution in [-0.2, 0) is 20.7 Å². The van der Waals surface area contributed by atoms with Crippen LogP contribution in [0.5, 0.6) is 0 Å². The molecule has 0 fully saturated rings. The number of carbonyl (C=O) groups excluding carboxylic acids is 2. The Morgan fingerprint density at radius 3 is 2.67 bits per heavy atom. The zero-order valence-electron chi connectivity index (χ0n) is 8.91. The van der Waals surface area contributed by atoms with E-state index in [1.807, 2.05) is 6.92 Å². The van der Waals surface area contributed by atoms with E-state index >= 15 is 0 Å². The molecular weight excluding hydrogens is 196 g/mol. The minimum atomic E-state index is -0.469. The maximum Gasteiger partial charge on any atom is 0.313 e. The summed E-state index contributed by atoms with van der Waals surface area (Å²) in [7, 11) is 0. The van der Waals surface area contributed by atoms with Crippen molar-refractivity contribution in [2.75, 3.05) is 6.61 Å². The minimum absolute atomic E-state index is 0.155. The smallest absolute Gasteiger partial charge is 0.313 e. The SMILES string of the molecule is CCOC(=O)CC(=O)Cc1cocc1C. The molecule has 1 aromatic heterocycles. The van der Waals surface area contributed by atoms with Gasteiger partial charge in [0.05, 0.1) is 19.1 Å². The molecule has 4 nitrogen and oxygen atoms in total. The molecule has 0 amide bonds. The largest absolute Gasteiger partial charge is 0.472 e. The van der Waals surface area contributed by atoms with Gasteiger partial charge in [-0.1, -0.05) is 0 Å². The van der Waals surface area contributed by atoms with Gasteiger partial charge in [0.2, 0.25) is 0 Å². The quantitative estimate of drug-likeness (QED) is 0.547. The predicted molar refractivity (Wildman–Crippen MR) is 53.4 cm³/mol. The highest BCUT2D eigenvalue weighted by Gasteiger charge is 2.12. The predicted octanol–water partition coefficient (Wildman–Crippen LogP) is 1.65. The van der Waals surface area contributed by atoms with Gasteiger partial charge < -0.3 is 9.15 Å². The highest BCUT2D eigenvalue weighted by atomic mass is 16.5. The highest BCUT2D eigenvalue weighted by molar-refractivity contribution is 5.96. The number of hydrogen-bond acceptors (Lipinski definition) is 4. The second-order valence-corrected chi connectivity index (χ2v) is 3.28. The molecule has 0 spiro atoms. The van der Waals surface area contributed by atoms with E-state index in [0.717, 1.165) is 11.1 Å². The van der Waals surface area contributed by atoms with Crippen molar-refractivity contribution in [3.05, 3.63) is 23.7 Å². The molecule has 0 unspecified atom stereocenters. The summed E-state index contributed by atoms with van der Waals surface area (Å²) in [6.07, 6.45) is 3.16. The van der Waals surface area contributed by atoms with Gasteiger partial charge >= 0.3 is 5.97 Å². The molecule has 1 heterocycles. The van der Waals surface area contributed by atoms with Crippen molar-refractivity contribution in [3.8, 4) is 0 Å². The molecule has 0 bridgehead atoms. The molecule has 1 rings (SSSR count). The normalized spacial score (nSPS) is 10.0. The van der Waals surface area contributed by atoms with E-state index in [0.29, 0.717) is 6.61 Å². The second-order valence-electron chi connectivity index (χ2n) is 3.28. The molecular formula is C11H14O4. The molecule has 0 N–H and O–H groups in total. The number of carbonyl (C=O) groups is 2. The van der Waals surface area contributed by atoms with Crippen LogP contribution in [0.4, 0.5) is 0 Å². The first-order valence-corrected chi connectivity index (χ1v) is 4.82. The van der Waals surface area contributed by atoms with E-state index in [9.17, 15) is 9.59 Å². The van der Waals surface area contributed by atoms with E-state index in [1.54, 1.807) is 13.2 Å². The number of ketones is 1. The van der Waals surface area contributed by atoms with Crippen LogP contribution in [0, 0.1) is 6.92 Å². The van der Waals surface area contributed by atoms with Crippen molar-refractivity contribution < 1.29 is 18.7 Å². The summed E-state index contributed by atoms with van der Waals surface area (Å²) < 4.78 is 9.61. The van der Waals surface area contributed by atoms with Gasteiger partial charge in [-0.05, 0) is 19.4 Å². The lowest BCUT2D eigenvalue weighted by Crippen LogP contribution is -2.13. The van der Waals surface area contributed by atoms with E-state index in [1.165, 1.54) is 6.26 Å². The molecule has 4 heteroatoms. The van der Waals surface area contributed by atoms with Crippen LogP contribution in [0.25, 0.3) is 0 Å². The van der Waals surface area contributed by atoms with Crippen molar-refractivity contribution in [3.63, 3.8) is 0 Å². The van der Waals surface area contributed by atoms with Gasteiger partial charge in [0.25, 0.3) is 0 Å². The fourth-order valence-electron chi connectivity index (χ4n) is 1.22. The molecule has 0 saturated carbocycles. The topological polar surface area (TPSA) is 56.5 Å². The van der Waals surface area contributed by atoms with Crippen molar-refractivity contribution >= 4 is 11.8 Å². The van der Waals surface area contributed by atoms with Crippen LogP contribution in [0.15, 0.2) is 16.9 Å². The second kappa shape index (κ2) is 5.34. The lowest BCUT2D eigenvalue weighted by Gasteiger charge is -2.00. The maximum atomic E-state index is 11.4. The summed E-state index contributed by atoms with van der Waals surface area (Å²) in [4.78, 5) is 22.4. The Morgan fingerprint density at radius 1 is 1.40 bits per heavy atom. The first kappa shape index (κ1) is 11.5. The van der Waals surface area contributed by atoms with Gasteiger partial charge in [-0.25, -0.2) is 0 Å². The van der Waals surface area contributed by atoms with Gasteiger partial charge in [-0.3, -0.25) is 9.59 Å². The molecule has 0 atom stereocenters. The highest BCUT2D eigenvalue weighted by Crippen LogP contribution is 2.10. The van der Waals surface area contributed by atoms with Crippen molar-refractivity contribution in [1.82, 2.24) is 0 Å². The van der Waals surface area contributed by atoms with Crippen LogP contribution in [0.3, 0.4) is 0 Å². The number of furan rings is 1. The lowest BCUT2D eigenvalue weighted by atomic mass is 10.1. The van der Waals surface area contributed by atoms with Gasteiger partial charge in [-0.2, -0.15) is 0 Å². The van der Waals surface area contributed by atoms with Crippen LogP contribution < -0.4 is 0 Å². The Hall–Kier alpha value is -1.58. The summed E-state index contributed by atoms with van der Waals surface area (Å²) in [5.74, 6) is -0.624. The standard InChI is InChI=1S/C11H14O4/c1-3-15-11(13)5-10(12)4-9-7-14-6-8(9)2/h6-7H,3-5H2,1-2H3. The van der Waals surface area contributed by atoms with Gasteiger partial charge in [0.1, 0.15) is 12.2 Å². The zero-order chi connectivity index (χ0) is 11.3. The Morgan fingerprint density at radius 2 is 2.13 bits per heavy atom.